The van der Waals surface area contributed by atoms with Crippen LogP contribution in [0.2, 0.25) is 0 Å². The van der Waals surface area contributed by atoms with Crippen LogP contribution in [0.3, 0.4) is 0 Å². The molecule has 0 fully saturated rings. The zero-order valence-electron chi connectivity index (χ0n) is 17.4. The van der Waals surface area contributed by atoms with Gasteiger partial charge in [0.25, 0.3) is 0 Å². The Hall–Kier alpha value is -3.77. The summed E-state index contributed by atoms with van der Waals surface area (Å²) >= 11 is 0. The Kier molecular flexibility index (Phi) is 6.19. The molecule has 0 atom stereocenters. The van der Waals surface area contributed by atoms with Crippen LogP contribution >= 0.6 is 0 Å². The molecule has 0 amide bonds. The van der Waals surface area contributed by atoms with Crippen LogP contribution in [0.4, 0.5) is 0 Å². The zero-order chi connectivity index (χ0) is 21.6. The third kappa shape index (κ3) is 4.54. The van der Waals surface area contributed by atoms with E-state index < -0.39 is 0 Å². The molecular formula is C25H25N5O. The van der Waals surface area contributed by atoms with Gasteiger partial charge in [0.05, 0.1) is 5.52 Å². The second-order valence-corrected chi connectivity index (χ2v) is 7.31. The van der Waals surface area contributed by atoms with Crippen molar-refractivity contribution in [2.45, 2.75) is 13.3 Å². The standard InChI is InChI=1S/C25H25N5O/c1-17-8-10-18(11-9-17)22(26)21(16-27-13-5-15-31)20-12-14-28-25-23(20)29-24(30-25)19-6-3-2-4-7-19/h2-4,6-12,14,16,31H,5,13,15,26H2,1H3,(H,28,29,30)/b22-21+,27-16?. The number of benzene rings is 2. The second kappa shape index (κ2) is 9.36. The number of rotatable bonds is 7. The maximum atomic E-state index is 9.08. The van der Waals surface area contributed by atoms with Crippen molar-refractivity contribution >= 4 is 28.6 Å². The Labute approximate surface area is 181 Å². The fraction of sp³-hybridized carbons (Fsp3) is 0.160. The van der Waals surface area contributed by atoms with Gasteiger partial charge in [0, 0.05) is 48.0 Å². The van der Waals surface area contributed by atoms with Gasteiger partial charge in [0.15, 0.2) is 5.65 Å². The number of aliphatic imine (C=N–C) groups is 1. The molecule has 2 aromatic carbocycles. The SMILES string of the molecule is Cc1ccc(/C(N)=C(/C=NCCCO)c2ccnc3nc(-c4ccccc4)[nH]c23)cc1. The molecule has 0 aliphatic heterocycles. The van der Waals surface area contributed by atoms with Crippen molar-refractivity contribution in [2.75, 3.05) is 13.2 Å². The number of pyridine rings is 1. The van der Waals surface area contributed by atoms with Crippen molar-refractivity contribution in [1.29, 1.82) is 0 Å². The van der Waals surface area contributed by atoms with Gasteiger partial charge in [0.1, 0.15) is 5.82 Å². The van der Waals surface area contributed by atoms with Crippen LogP contribution in [-0.4, -0.2) is 39.4 Å². The van der Waals surface area contributed by atoms with Crippen LogP contribution in [0.1, 0.15) is 23.1 Å². The highest BCUT2D eigenvalue weighted by molar-refractivity contribution is 6.21. The highest BCUT2D eigenvalue weighted by Crippen LogP contribution is 2.28. The van der Waals surface area contributed by atoms with E-state index in [9.17, 15) is 0 Å². The minimum absolute atomic E-state index is 0.102. The monoisotopic (exact) mass is 411 g/mol. The molecule has 4 N–H and O–H groups in total. The lowest BCUT2D eigenvalue weighted by atomic mass is 10.00. The van der Waals surface area contributed by atoms with E-state index >= 15 is 0 Å². The first kappa shape index (κ1) is 20.5. The molecule has 4 aromatic rings. The third-order valence-corrected chi connectivity index (χ3v) is 5.05. The fourth-order valence-corrected chi connectivity index (χ4v) is 3.36. The summed E-state index contributed by atoms with van der Waals surface area (Å²) in [7, 11) is 0. The van der Waals surface area contributed by atoms with Crippen LogP contribution in [0.25, 0.3) is 33.8 Å². The average molecular weight is 412 g/mol. The van der Waals surface area contributed by atoms with Crippen LogP contribution in [0.15, 0.2) is 71.9 Å². The van der Waals surface area contributed by atoms with Gasteiger partial charge in [-0.1, -0.05) is 60.2 Å². The summed E-state index contributed by atoms with van der Waals surface area (Å²) in [4.78, 5) is 17.0. The molecule has 4 rings (SSSR count). The highest BCUT2D eigenvalue weighted by atomic mass is 16.3. The van der Waals surface area contributed by atoms with E-state index in [1.165, 1.54) is 5.56 Å². The van der Waals surface area contributed by atoms with Crippen LogP contribution < -0.4 is 5.73 Å². The molecule has 2 heterocycles. The number of aliphatic hydroxyl groups excluding tert-OH is 1. The Morgan fingerprint density at radius 3 is 2.61 bits per heavy atom. The van der Waals surface area contributed by atoms with Gasteiger partial charge in [-0.3, -0.25) is 4.99 Å². The number of hydrogen-bond donors (Lipinski definition) is 3. The maximum absolute atomic E-state index is 9.08. The van der Waals surface area contributed by atoms with Crippen molar-refractivity contribution < 1.29 is 5.11 Å². The number of aryl methyl sites for hydroxylation is 1. The van der Waals surface area contributed by atoms with Crippen molar-refractivity contribution in [3.8, 4) is 11.4 Å². The van der Waals surface area contributed by atoms with E-state index in [0.29, 0.717) is 24.3 Å². The number of imidazole rings is 1. The topological polar surface area (TPSA) is 100 Å². The summed E-state index contributed by atoms with van der Waals surface area (Å²) in [6.07, 6.45) is 4.11. The smallest absolute Gasteiger partial charge is 0.178 e. The third-order valence-electron chi connectivity index (χ3n) is 5.05. The van der Waals surface area contributed by atoms with Crippen molar-refractivity contribution in [3.63, 3.8) is 0 Å². The first-order chi connectivity index (χ1) is 15.2. The van der Waals surface area contributed by atoms with E-state index in [1.807, 2.05) is 67.6 Å². The Balaban J connectivity index is 1.86. The molecule has 31 heavy (non-hydrogen) atoms. The number of aromatic amines is 1. The van der Waals surface area contributed by atoms with E-state index in [4.69, 9.17) is 10.8 Å². The molecule has 0 saturated carbocycles. The molecule has 0 spiro atoms. The Morgan fingerprint density at radius 1 is 1.10 bits per heavy atom. The summed E-state index contributed by atoms with van der Waals surface area (Å²) in [5, 5.41) is 9.08. The number of nitrogens with zero attached hydrogens (tertiary/aromatic N) is 3. The molecule has 0 radical (unpaired) electrons. The number of fused-ring (bicyclic) bond motifs is 1. The largest absolute Gasteiger partial charge is 0.398 e. The van der Waals surface area contributed by atoms with E-state index in [1.54, 1.807) is 12.4 Å². The maximum Gasteiger partial charge on any atom is 0.178 e. The van der Waals surface area contributed by atoms with Gasteiger partial charge < -0.3 is 15.8 Å². The molecule has 2 aromatic heterocycles. The fourth-order valence-electron chi connectivity index (χ4n) is 3.36. The zero-order valence-corrected chi connectivity index (χ0v) is 17.4. The molecule has 0 saturated heterocycles. The lowest BCUT2D eigenvalue weighted by Gasteiger charge is -2.10. The predicted molar refractivity (Wildman–Crippen MR) is 127 cm³/mol. The summed E-state index contributed by atoms with van der Waals surface area (Å²) in [6, 6.07) is 19.9. The van der Waals surface area contributed by atoms with Gasteiger partial charge in [-0.05, 0) is 25.0 Å². The minimum atomic E-state index is 0.102. The first-order valence-corrected chi connectivity index (χ1v) is 10.3. The van der Waals surface area contributed by atoms with E-state index in [0.717, 1.165) is 33.6 Å². The number of allylic oxidation sites excluding steroid dienone is 1. The first-order valence-electron chi connectivity index (χ1n) is 10.3. The van der Waals surface area contributed by atoms with Crippen LogP contribution in [-0.2, 0) is 0 Å². The molecule has 0 aliphatic carbocycles. The second-order valence-electron chi connectivity index (χ2n) is 7.31. The van der Waals surface area contributed by atoms with Crippen molar-refractivity contribution in [3.05, 3.63) is 83.6 Å². The van der Waals surface area contributed by atoms with Crippen LogP contribution in [0.5, 0.6) is 0 Å². The normalized spacial score (nSPS) is 12.5. The summed E-state index contributed by atoms with van der Waals surface area (Å²) in [5.41, 5.74) is 13.4. The molecule has 6 heteroatoms. The number of nitrogens with one attached hydrogen (secondary N) is 1. The van der Waals surface area contributed by atoms with Gasteiger partial charge in [-0.2, -0.15) is 0 Å². The average Bonchev–Trinajstić information content (AvgIpc) is 3.25. The summed E-state index contributed by atoms with van der Waals surface area (Å²) < 4.78 is 0. The Bertz CT molecular complexity index is 1220. The van der Waals surface area contributed by atoms with Crippen LogP contribution in [0, 0.1) is 6.92 Å². The number of hydrogen-bond acceptors (Lipinski definition) is 5. The molecule has 156 valence electrons. The number of nitrogens with two attached hydrogens (primary N) is 1. The predicted octanol–water partition coefficient (Wildman–Crippen LogP) is 4.21. The van der Waals surface area contributed by atoms with E-state index in [-0.39, 0.29) is 6.61 Å². The summed E-state index contributed by atoms with van der Waals surface area (Å²) in [5.74, 6) is 0.751. The Morgan fingerprint density at radius 2 is 1.87 bits per heavy atom. The van der Waals surface area contributed by atoms with Crippen molar-refractivity contribution in [1.82, 2.24) is 15.0 Å². The van der Waals surface area contributed by atoms with Gasteiger partial charge in [0.2, 0.25) is 0 Å². The van der Waals surface area contributed by atoms with Crippen molar-refractivity contribution in [2.24, 2.45) is 10.7 Å². The quantitative estimate of drug-likeness (QED) is 0.313. The minimum Gasteiger partial charge on any atom is -0.398 e. The van der Waals surface area contributed by atoms with Gasteiger partial charge >= 0.3 is 0 Å². The van der Waals surface area contributed by atoms with E-state index in [2.05, 4.69) is 19.9 Å². The van der Waals surface area contributed by atoms with Gasteiger partial charge in [-0.15, -0.1) is 0 Å². The number of aliphatic hydroxyl groups is 1. The highest BCUT2D eigenvalue weighted by Gasteiger charge is 2.15. The number of aromatic nitrogens is 3. The molecular weight excluding hydrogens is 386 g/mol. The molecule has 0 aliphatic rings. The summed E-state index contributed by atoms with van der Waals surface area (Å²) in [6.45, 7) is 2.67. The molecule has 0 bridgehead atoms. The lowest BCUT2D eigenvalue weighted by Crippen LogP contribution is -2.04. The molecule has 0 unspecified atom stereocenters. The lowest BCUT2D eigenvalue weighted by molar-refractivity contribution is 0.291. The molecule has 6 nitrogen and oxygen atoms in total. The van der Waals surface area contributed by atoms with Gasteiger partial charge in [-0.25, -0.2) is 9.97 Å². The number of H-pyrrole nitrogens is 1.